The first-order chi connectivity index (χ1) is 13.0. The Kier molecular flexibility index (Phi) is 5.11. The molecule has 1 saturated heterocycles. The van der Waals surface area contributed by atoms with Gasteiger partial charge in [0.05, 0.1) is 18.3 Å². The average molecular weight is 372 g/mol. The van der Waals surface area contributed by atoms with Crippen LogP contribution in [-0.2, 0) is 5.41 Å². The van der Waals surface area contributed by atoms with Crippen LogP contribution in [0.15, 0.2) is 30.0 Å². The summed E-state index contributed by atoms with van der Waals surface area (Å²) in [6.45, 7) is 5.14. The molecule has 4 nitrogen and oxygen atoms in total. The molecule has 1 aromatic carbocycles. The molecule has 2 atom stereocenters. The molecule has 1 heterocycles. The Balaban J connectivity index is 1.71. The average Bonchev–Trinajstić information content (AvgIpc) is 3.25. The Hall–Kier alpha value is -1.68. The van der Waals surface area contributed by atoms with E-state index in [0.717, 1.165) is 50.1 Å². The molecule has 0 unspecified atom stereocenters. The number of hydrogen-bond donors (Lipinski definition) is 1. The second kappa shape index (κ2) is 7.38. The van der Waals surface area contributed by atoms with Gasteiger partial charge in [0.2, 0.25) is 0 Å². The molecule has 0 radical (unpaired) electrons. The van der Waals surface area contributed by atoms with Crippen LogP contribution in [0.3, 0.4) is 0 Å². The number of ether oxygens (including phenoxy) is 2. The summed E-state index contributed by atoms with van der Waals surface area (Å²) in [7, 11) is 2.14. The molecule has 4 rings (SSSR count). The van der Waals surface area contributed by atoms with Gasteiger partial charge in [-0.2, -0.15) is 0 Å². The predicted octanol–water partition coefficient (Wildman–Crippen LogP) is 4.41. The van der Waals surface area contributed by atoms with E-state index in [2.05, 4.69) is 50.1 Å². The van der Waals surface area contributed by atoms with Crippen molar-refractivity contribution in [1.29, 1.82) is 0 Å². The maximum Gasteiger partial charge on any atom is 0.161 e. The number of benzene rings is 1. The summed E-state index contributed by atoms with van der Waals surface area (Å²) in [5.41, 5.74) is 2.57. The summed E-state index contributed by atoms with van der Waals surface area (Å²) in [6, 6.07) is 6.53. The Labute approximate surface area is 163 Å². The number of aliphatic hydroxyl groups is 1. The smallest absolute Gasteiger partial charge is 0.161 e. The third-order valence-electron chi connectivity index (χ3n) is 6.45. The van der Waals surface area contributed by atoms with E-state index >= 15 is 0 Å². The van der Waals surface area contributed by atoms with Crippen LogP contribution in [0.25, 0.3) is 0 Å². The maximum atomic E-state index is 10.2. The SMILES string of the molecule is CC(C)Oc1ccc([C@@]23CC[C@H](O)C=C2N(C)CC3)cc1OC1CCCC1. The number of fused-ring (bicyclic) bond motifs is 1. The monoisotopic (exact) mass is 371 g/mol. The molecule has 1 aromatic rings. The Bertz CT molecular complexity index is 708. The molecule has 0 aromatic heterocycles. The molecule has 1 saturated carbocycles. The Morgan fingerprint density at radius 3 is 2.63 bits per heavy atom. The first kappa shape index (κ1) is 18.7. The number of hydrogen-bond acceptors (Lipinski definition) is 4. The number of likely N-dealkylation sites (N-methyl/N-ethyl adjacent to an activating group) is 1. The van der Waals surface area contributed by atoms with Gasteiger partial charge in [-0.05, 0) is 82.6 Å². The second-order valence-electron chi connectivity index (χ2n) is 8.76. The van der Waals surface area contributed by atoms with Crippen LogP contribution in [0.1, 0.15) is 64.4 Å². The van der Waals surface area contributed by atoms with E-state index in [1.165, 1.54) is 24.1 Å². The van der Waals surface area contributed by atoms with Gasteiger partial charge in [-0.3, -0.25) is 0 Å². The van der Waals surface area contributed by atoms with Gasteiger partial charge in [0.15, 0.2) is 11.5 Å². The van der Waals surface area contributed by atoms with Crippen molar-refractivity contribution in [2.75, 3.05) is 13.6 Å². The van der Waals surface area contributed by atoms with E-state index < -0.39 is 0 Å². The fourth-order valence-electron chi connectivity index (χ4n) is 5.04. The topological polar surface area (TPSA) is 41.9 Å². The number of nitrogens with zero attached hydrogens (tertiary/aromatic N) is 1. The van der Waals surface area contributed by atoms with E-state index in [1.54, 1.807) is 0 Å². The van der Waals surface area contributed by atoms with E-state index in [1.807, 2.05) is 0 Å². The van der Waals surface area contributed by atoms with Crippen LogP contribution in [-0.4, -0.2) is 41.9 Å². The van der Waals surface area contributed by atoms with E-state index in [4.69, 9.17) is 9.47 Å². The minimum Gasteiger partial charge on any atom is -0.487 e. The first-order valence-electron chi connectivity index (χ1n) is 10.6. The quantitative estimate of drug-likeness (QED) is 0.833. The molecule has 4 heteroatoms. The zero-order chi connectivity index (χ0) is 19.0. The molecular formula is C23H33NO3. The van der Waals surface area contributed by atoms with Crippen molar-refractivity contribution >= 4 is 0 Å². The largest absolute Gasteiger partial charge is 0.487 e. The van der Waals surface area contributed by atoms with Gasteiger partial charge in [-0.15, -0.1) is 0 Å². The molecule has 1 aliphatic heterocycles. The fraction of sp³-hybridized carbons (Fsp3) is 0.652. The third-order valence-corrected chi connectivity index (χ3v) is 6.45. The molecule has 27 heavy (non-hydrogen) atoms. The highest BCUT2D eigenvalue weighted by molar-refractivity contribution is 5.50. The Morgan fingerprint density at radius 2 is 1.89 bits per heavy atom. The summed E-state index contributed by atoms with van der Waals surface area (Å²) in [6.07, 6.45) is 9.84. The van der Waals surface area contributed by atoms with Gasteiger partial charge in [0, 0.05) is 24.7 Å². The van der Waals surface area contributed by atoms with Gasteiger partial charge < -0.3 is 19.5 Å². The molecule has 0 bridgehead atoms. The predicted molar refractivity (Wildman–Crippen MR) is 107 cm³/mol. The van der Waals surface area contributed by atoms with E-state index in [9.17, 15) is 5.11 Å². The number of rotatable bonds is 5. The van der Waals surface area contributed by atoms with E-state index in [0.29, 0.717) is 6.10 Å². The summed E-state index contributed by atoms with van der Waals surface area (Å²) < 4.78 is 12.5. The summed E-state index contributed by atoms with van der Waals surface area (Å²) in [5.74, 6) is 1.74. The van der Waals surface area contributed by atoms with Crippen LogP contribution < -0.4 is 9.47 Å². The summed E-state index contributed by atoms with van der Waals surface area (Å²) in [5, 5.41) is 10.2. The Morgan fingerprint density at radius 1 is 1.11 bits per heavy atom. The molecule has 2 fully saturated rings. The number of allylic oxidation sites excluding steroid dienone is 1. The molecule has 1 N–H and O–H groups in total. The number of likely N-dealkylation sites (tertiary alicyclic amines) is 1. The fourth-order valence-corrected chi connectivity index (χ4v) is 5.04. The van der Waals surface area contributed by atoms with Crippen molar-refractivity contribution in [1.82, 2.24) is 4.90 Å². The molecule has 148 valence electrons. The van der Waals surface area contributed by atoms with Crippen LogP contribution in [0.2, 0.25) is 0 Å². The summed E-state index contributed by atoms with van der Waals surface area (Å²) >= 11 is 0. The minimum atomic E-state index is -0.327. The van der Waals surface area contributed by atoms with Crippen molar-refractivity contribution in [2.24, 2.45) is 0 Å². The van der Waals surface area contributed by atoms with Crippen molar-refractivity contribution in [3.05, 3.63) is 35.5 Å². The normalized spacial score (nSPS) is 28.4. The van der Waals surface area contributed by atoms with Crippen LogP contribution in [0, 0.1) is 0 Å². The van der Waals surface area contributed by atoms with E-state index in [-0.39, 0.29) is 17.6 Å². The van der Waals surface area contributed by atoms with Gasteiger partial charge in [0.25, 0.3) is 0 Å². The maximum absolute atomic E-state index is 10.2. The lowest BCUT2D eigenvalue weighted by atomic mass is 9.70. The lowest BCUT2D eigenvalue weighted by molar-refractivity contribution is 0.177. The highest BCUT2D eigenvalue weighted by atomic mass is 16.5. The molecule has 2 aliphatic carbocycles. The molecule has 0 amide bonds. The first-order valence-corrected chi connectivity index (χ1v) is 10.6. The van der Waals surface area contributed by atoms with Crippen molar-refractivity contribution in [2.45, 2.75) is 82.5 Å². The van der Waals surface area contributed by atoms with Crippen molar-refractivity contribution in [3.8, 4) is 11.5 Å². The highest BCUT2D eigenvalue weighted by Gasteiger charge is 2.45. The van der Waals surface area contributed by atoms with Gasteiger partial charge in [-0.25, -0.2) is 0 Å². The van der Waals surface area contributed by atoms with Gasteiger partial charge in [0.1, 0.15) is 0 Å². The molecule has 3 aliphatic rings. The lowest BCUT2D eigenvalue weighted by Gasteiger charge is -2.37. The van der Waals surface area contributed by atoms with Crippen molar-refractivity contribution < 1.29 is 14.6 Å². The van der Waals surface area contributed by atoms with Gasteiger partial charge in [-0.1, -0.05) is 6.07 Å². The zero-order valence-corrected chi connectivity index (χ0v) is 16.9. The standard InChI is InChI=1S/C23H33NO3/c1-16(2)26-20-9-8-17(14-21(20)27-19-6-4-5-7-19)23-11-10-18(25)15-22(23)24(3)13-12-23/h8-9,14-16,18-19,25H,4-7,10-13H2,1-3H3/t18-,23-/m0/s1. The third kappa shape index (κ3) is 3.56. The van der Waals surface area contributed by atoms with Crippen LogP contribution >= 0.6 is 0 Å². The van der Waals surface area contributed by atoms with Crippen molar-refractivity contribution in [3.63, 3.8) is 0 Å². The number of aliphatic hydroxyl groups excluding tert-OH is 1. The second-order valence-corrected chi connectivity index (χ2v) is 8.76. The lowest BCUT2D eigenvalue weighted by Crippen LogP contribution is -2.33. The zero-order valence-electron chi connectivity index (χ0n) is 16.9. The summed E-state index contributed by atoms with van der Waals surface area (Å²) in [4.78, 5) is 2.30. The highest BCUT2D eigenvalue weighted by Crippen LogP contribution is 2.50. The van der Waals surface area contributed by atoms with Crippen LogP contribution in [0.4, 0.5) is 0 Å². The molecular weight excluding hydrogens is 338 g/mol. The minimum absolute atomic E-state index is 0.00186. The van der Waals surface area contributed by atoms with Gasteiger partial charge >= 0.3 is 0 Å². The molecule has 0 spiro atoms. The van der Waals surface area contributed by atoms with Crippen LogP contribution in [0.5, 0.6) is 11.5 Å².